The Morgan fingerprint density at radius 3 is 2.36 bits per heavy atom. The van der Waals surface area contributed by atoms with E-state index in [0.717, 1.165) is 12.8 Å². The topological polar surface area (TPSA) is 46.5 Å². The third-order valence-corrected chi connectivity index (χ3v) is 2.30. The van der Waals surface area contributed by atoms with E-state index in [1.54, 1.807) is 0 Å². The second kappa shape index (κ2) is 9.00. The molecule has 0 saturated carbocycles. The van der Waals surface area contributed by atoms with E-state index in [1.807, 2.05) is 0 Å². The number of carbonyl (C=O) groups excluding carboxylic acids is 1. The number of rotatable bonds is 8. The van der Waals surface area contributed by atoms with Gasteiger partial charge in [0.05, 0.1) is 7.11 Å². The summed E-state index contributed by atoms with van der Waals surface area (Å²) in [7, 11) is 1.30. The lowest BCUT2D eigenvalue weighted by Gasteiger charge is -2.07. The van der Waals surface area contributed by atoms with Gasteiger partial charge in [-0.15, -0.1) is 0 Å². The van der Waals surface area contributed by atoms with Crippen LogP contribution in [0, 0.1) is 0 Å². The normalized spacial score (nSPS) is 12.5. The summed E-state index contributed by atoms with van der Waals surface area (Å²) >= 11 is 0. The van der Waals surface area contributed by atoms with E-state index in [4.69, 9.17) is 0 Å². The van der Waals surface area contributed by atoms with Gasteiger partial charge in [0.25, 0.3) is 0 Å². The molecule has 0 amide bonds. The zero-order chi connectivity index (χ0) is 10.8. The van der Waals surface area contributed by atoms with Crippen molar-refractivity contribution in [1.29, 1.82) is 0 Å². The molecule has 0 radical (unpaired) electrons. The van der Waals surface area contributed by atoms with Crippen LogP contribution in [0.5, 0.6) is 0 Å². The second-order valence-electron chi connectivity index (χ2n) is 3.60. The Kier molecular flexibility index (Phi) is 8.64. The Morgan fingerprint density at radius 1 is 1.21 bits per heavy atom. The molecule has 0 spiro atoms. The molecule has 0 heterocycles. The third-order valence-electron chi connectivity index (χ3n) is 2.30. The minimum Gasteiger partial charge on any atom is -0.467 e. The van der Waals surface area contributed by atoms with E-state index in [0.29, 0.717) is 6.42 Å². The number of hydrogen-bond donors (Lipinski definition) is 1. The van der Waals surface area contributed by atoms with E-state index >= 15 is 0 Å². The molecule has 84 valence electrons. The number of esters is 1. The van der Waals surface area contributed by atoms with Crippen LogP contribution >= 0.6 is 0 Å². The standard InChI is InChI=1S/C11H22O3/c1-3-4-5-6-7-8-9-10(12)11(13)14-2/h10,12H,3-9H2,1-2H3/t10-/m0/s1. The molecule has 0 rings (SSSR count). The van der Waals surface area contributed by atoms with Crippen LogP contribution in [0.1, 0.15) is 51.9 Å². The molecule has 1 atom stereocenters. The quantitative estimate of drug-likeness (QED) is 0.485. The maximum absolute atomic E-state index is 10.8. The number of methoxy groups -OCH3 is 1. The summed E-state index contributed by atoms with van der Waals surface area (Å²) in [6.07, 6.45) is 6.56. The van der Waals surface area contributed by atoms with Crippen LogP contribution in [0.2, 0.25) is 0 Å². The van der Waals surface area contributed by atoms with E-state index < -0.39 is 12.1 Å². The van der Waals surface area contributed by atoms with Crippen molar-refractivity contribution in [2.24, 2.45) is 0 Å². The van der Waals surface area contributed by atoms with Crippen LogP contribution in [-0.4, -0.2) is 24.3 Å². The molecule has 3 nitrogen and oxygen atoms in total. The highest BCUT2D eigenvalue weighted by Gasteiger charge is 2.13. The number of aliphatic hydroxyl groups is 1. The average Bonchev–Trinajstić information content (AvgIpc) is 2.21. The zero-order valence-corrected chi connectivity index (χ0v) is 9.29. The maximum atomic E-state index is 10.8. The van der Waals surface area contributed by atoms with Gasteiger partial charge in [-0.05, 0) is 6.42 Å². The Labute approximate surface area is 86.5 Å². The van der Waals surface area contributed by atoms with Gasteiger partial charge in [0, 0.05) is 0 Å². The van der Waals surface area contributed by atoms with Crippen molar-refractivity contribution < 1.29 is 14.6 Å². The van der Waals surface area contributed by atoms with Crippen molar-refractivity contribution >= 4 is 5.97 Å². The highest BCUT2D eigenvalue weighted by molar-refractivity contribution is 5.74. The highest BCUT2D eigenvalue weighted by atomic mass is 16.5. The molecule has 3 heteroatoms. The Bertz CT molecular complexity index is 145. The average molecular weight is 202 g/mol. The Balaban J connectivity index is 3.23. The van der Waals surface area contributed by atoms with Crippen LogP contribution in [0.25, 0.3) is 0 Å². The minimum atomic E-state index is -0.925. The van der Waals surface area contributed by atoms with Gasteiger partial charge < -0.3 is 9.84 Å². The van der Waals surface area contributed by atoms with Crippen LogP contribution in [0.15, 0.2) is 0 Å². The number of unbranched alkanes of at least 4 members (excludes halogenated alkanes) is 5. The van der Waals surface area contributed by atoms with Crippen molar-refractivity contribution in [2.75, 3.05) is 7.11 Å². The SMILES string of the molecule is CCCCCCCC[C@H](O)C(=O)OC. The molecule has 0 aliphatic heterocycles. The first-order valence-corrected chi connectivity index (χ1v) is 5.48. The first-order valence-electron chi connectivity index (χ1n) is 5.48. The number of carbonyl (C=O) groups is 1. The fourth-order valence-corrected chi connectivity index (χ4v) is 1.37. The van der Waals surface area contributed by atoms with Crippen molar-refractivity contribution in [3.05, 3.63) is 0 Å². The predicted octanol–water partition coefficient (Wildman–Crippen LogP) is 2.27. The fraction of sp³-hybridized carbons (Fsp3) is 0.909. The van der Waals surface area contributed by atoms with Crippen LogP contribution in [-0.2, 0) is 9.53 Å². The van der Waals surface area contributed by atoms with Crippen molar-refractivity contribution in [2.45, 2.75) is 58.0 Å². The van der Waals surface area contributed by atoms with Crippen molar-refractivity contribution in [3.63, 3.8) is 0 Å². The van der Waals surface area contributed by atoms with Gasteiger partial charge in [0.15, 0.2) is 6.10 Å². The highest BCUT2D eigenvalue weighted by Crippen LogP contribution is 2.09. The van der Waals surface area contributed by atoms with Crippen LogP contribution in [0.4, 0.5) is 0 Å². The second-order valence-corrected chi connectivity index (χ2v) is 3.60. The maximum Gasteiger partial charge on any atom is 0.334 e. The number of hydrogen-bond acceptors (Lipinski definition) is 3. The van der Waals surface area contributed by atoms with Gasteiger partial charge in [-0.2, -0.15) is 0 Å². The molecule has 0 fully saturated rings. The molecule has 14 heavy (non-hydrogen) atoms. The summed E-state index contributed by atoms with van der Waals surface area (Å²) in [6.45, 7) is 2.18. The van der Waals surface area contributed by atoms with Crippen LogP contribution < -0.4 is 0 Å². The van der Waals surface area contributed by atoms with Gasteiger partial charge >= 0.3 is 5.97 Å². The summed E-state index contributed by atoms with van der Waals surface area (Å²) in [6, 6.07) is 0. The lowest BCUT2D eigenvalue weighted by atomic mass is 10.1. The van der Waals surface area contributed by atoms with E-state index in [1.165, 1.54) is 32.8 Å². The monoisotopic (exact) mass is 202 g/mol. The molecule has 0 bridgehead atoms. The fourth-order valence-electron chi connectivity index (χ4n) is 1.37. The molecule has 0 saturated heterocycles. The molecular formula is C11H22O3. The van der Waals surface area contributed by atoms with E-state index in [-0.39, 0.29) is 0 Å². The summed E-state index contributed by atoms with van der Waals surface area (Å²) in [4.78, 5) is 10.8. The van der Waals surface area contributed by atoms with Crippen molar-refractivity contribution in [1.82, 2.24) is 0 Å². The van der Waals surface area contributed by atoms with E-state index in [9.17, 15) is 9.90 Å². The molecular weight excluding hydrogens is 180 g/mol. The largest absolute Gasteiger partial charge is 0.467 e. The first kappa shape index (κ1) is 13.4. The summed E-state index contributed by atoms with van der Waals surface area (Å²) in [5, 5.41) is 9.25. The minimum absolute atomic E-state index is 0.515. The van der Waals surface area contributed by atoms with Gasteiger partial charge in [0.2, 0.25) is 0 Å². The third kappa shape index (κ3) is 6.89. The first-order chi connectivity index (χ1) is 6.72. The van der Waals surface area contributed by atoms with Crippen molar-refractivity contribution in [3.8, 4) is 0 Å². The Morgan fingerprint density at radius 2 is 1.79 bits per heavy atom. The molecule has 0 aromatic heterocycles. The summed E-state index contributed by atoms with van der Waals surface area (Å²) in [5.41, 5.74) is 0. The molecule has 0 aliphatic rings. The number of aliphatic hydroxyl groups excluding tert-OH is 1. The molecule has 1 N–H and O–H groups in total. The van der Waals surface area contributed by atoms with E-state index in [2.05, 4.69) is 11.7 Å². The van der Waals surface area contributed by atoms with Gasteiger partial charge in [-0.3, -0.25) is 0 Å². The number of ether oxygens (including phenoxy) is 1. The molecule has 0 aromatic rings. The lowest BCUT2D eigenvalue weighted by molar-refractivity contribution is -0.150. The smallest absolute Gasteiger partial charge is 0.334 e. The van der Waals surface area contributed by atoms with Gasteiger partial charge in [-0.25, -0.2) is 4.79 Å². The summed E-state index contributed by atoms with van der Waals surface area (Å²) < 4.78 is 4.42. The molecule has 0 aliphatic carbocycles. The lowest BCUT2D eigenvalue weighted by Crippen LogP contribution is -2.21. The predicted molar refractivity (Wildman–Crippen MR) is 56.0 cm³/mol. The zero-order valence-electron chi connectivity index (χ0n) is 9.29. The molecule has 0 aromatic carbocycles. The van der Waals surface area contributed by atoms with Crippen LogP contribution in [0.3, 0.4) is 0 Å². The van der Waals surface area contributed by atoms with Gasteiger partial charge in [0.1, 0.15) is 0 Å². The summed E-state index contributed by atoms with van der Waals surface area (Å²) in [5.74, 6) is -0.515. The Hall–Kier alpha value is -0.570. The molecule has 0 unspecified atom stereocenters. The van der Waals surface area contributed by atoms with Gasteiger partial charge in [-0.1, -0.05) is 45.4 Å².